The maximum absolute atomic E-state index is 13.5. The number of ether oxygens (including phenoxy) is 2. The van der Waals surface area contributed by atoms with Gasteiger partial charge in [0.1, 0.15) is 12.3 Å². The van der Waals surface area contributed by atoms with E-state index in [4.69, 9.17) is 9.47 Å². The molecule has 36 heavy (non-hydrogen) atoms. The number of carbonyl (C=O) groups excluding carboxylic acids is 1. The van der Waals surface area contributed by atoms with Crippen LogP contribution in [0.1, 0.15) is 24.8 Å². The van der Waals surface area contributed by atoms with Crippen LogP contribution < -0.4 is 22.0 Å². The zero-order valence-electron chi connectivity index (χ0n) is 20.7. The number of nitrogens with zero attached hydrogens (tertiary/aromatic N) is 2. The summed E-state index contributed by atoms with van der Waals surface area (Å²) in [6, 6.07) is 30.0. The monoisotopic (exact) mass is 506 g/mol. The molecular weight excluding hydrogens is 472 g/mol. The molecule has 0 N–H and O–H groups in total. The summed E-state index contributed by atoms with van der Waals surface area (Å²) < 4.78 is 13.2. The highest BCUT2D eigenvalue weighted by atomic mass is 35.5. The van der Waals surface area contributed by atoms with Gasteiger partial charge in [0.15, 0.2) is 6.10 Å². The summed E-state index contributed by atoms with van der Waals surface area (Å²) in [4.78, 5) is 15.3. The standard InChI is InChI=1S/C30H35N2O3.ClH/c33-30(31(27-13-6-2-7-14-27)23-25-11-4-1-5-12-25)35-29-24-32(20-17-26(29)18-21-32)19-10-22-34-28-15-8-3-9-16-28;/h1-9,11-16,26,29H,10,17-24H2;1H/q+1;/p-1/t26?,29-,32?;/m0./s1. The fourth-order valence-electron chi connectivity index (χ4n) is 5.60. The van der Waals surface area contributed by atoms with Crippen LogP contribution in [0.3, 0.4) is 0 Å². The lowest BCUT2D eigenvalue weighted by molar-refractivity contribution is -0.946. The van der Waals surface area contributed by atoms with Crippen molar-refractivity contribution in [3.8, 4) is 5.75 Å². The molecule has 0 aromatic heterocycles. The lowest BCUT2D eigenvalue weighted by Crippen LogP contribution is -3.00. The Hall–Kier alpha value is -3.02. The average molecular weight is 507 g/mol. The molecule has 5 nitrogen and oxygen atoms in total. The molecule has 3 aliphatic rings. The Balaban J connectivity index is 0.00000304. The van der Waals surface area contributed by atoms with Gasteiger partial charge in [0, 0.05) is 30.9 Å². The SMILES string of the molecule is O=C(O[C@H]1C[N+]2(CCCOc3ccccc3)CCC1CC2)N(Cc1ccccc1)c1ccccc1.[Cl-]. The quantitative estimate of drug-likeness (QED) is 0.331. The van der Waals surface area contributed by atoms with E-state index in [0.29, 0.717) is 12.5 Å². The van der Waals surface area contributed by atoms with Crippen molar-refractivity contribution in [1.29, 1.82) is 0 Å². The maximum atomic E-state index is 13.5. The van der Waals surface area contributed by atoms with Crippen LogP contribution in [0.2, 0.25) is 0 Å². The molecule has 1 atom stereocenters. The molecule has 0 radical (unpaired) electrons. The van der Waals surface area contributed by atoms with E-state index >= 15 is 0 Å². The average Bonchev–Trinajstić information content (AvgIpc) is 2.92. The van der Waals surface area contributed by atoms with Crippen LogP contribution in [0.5, 0.6) is 5.75 Å². The van der Waals surface area contributed by atoms with Crippen molar-refractivity contribution in [2.24, 2.45) is 5.92 Å². The number of anilines is 1. The molecule has 6 rings (SSSR count). The van der Waals surface area contributed by atoms with Crippen molar-refractivity contribution >= 4 is 11.8 Å². The van der Waals surface area contributed by atoms with Crippen molar-refractivity contribution in [2.45, 2.75) is 31.9 Å². The van der Waals surface area contributed by atoms with Gasteiger partial charge in [0.2, 0.25) is 0 Å². The molecule has 1 amide bonds. The Morgan fingerprint density at radius 2 is 1.47 bits per heavy atom. The number of fused-ring (bicyclic) bond motifs is 3. The third-order valence-corrected chi connectivity index (χ3v) is 7.55. The molecule has 0 unspecified atom stereocenters. The summed E-state index contributed by atoms with van der Waals surface area (Å²) in [5.74, 6) is 1.39. The minimum absolute atomic E-state index is 0. The number of benzene rings is 3. The number of hydrogen-bond donors (Lipinski definition) is 0. The molecule has 3 aromatic carbocycles. The highest BCUT2D eigenvalue weighted by Crippen LogP contribution is 2.36. The Morgan fingerprint density at radius 3 is 2.14 bits per heavy atom. The summed E-state index contributed by atoms with van der Waals surface area (Å²) in [5.41, 5.74) is 1.95. The molecule has 2 bridgehead atoms. The molecule has 6 heteroatoms. The second-order valence-electron chi connectivity index (χ2n) is 9.88. The second kappa shape index (κ2) is 12.3. The largest absolute Gasteiger partial charge is 1.00 e. The zero-order chi connectivity index (χ0) is 23.9. The van der Waals surface area contributed by atoms with Gasteiger partial charge in [-0.15, -0.1) is 0 Å². The summed E-state index contributed by atoms with van der Waals surface area (Å²) >= 11 is 0. The number of halogens is 1. The molecule has 190 valence electrons. The van der Waals surface area contributed by atoms with Crippen LogP contribution in [-0.4, -0.2) is 49.5 Å². The van der Waals surface area contributed by atoms with Crippen molar-refractivity contribution in [3.63, 3.8) is 0 Å². The number of amides is 1. The van der Waals surface area contributed by atoms with Gasteiger partial charge in [-0.1, -0.05) is 66.7 Å². The van der Waals surface area contributed by atoms with E-state index in [-0.39, 0.29) is 24.6 Å². The predicted octanol–water partition coefficient (Wildman–Crippen LogP) is 2.91. The summed E-state index contributed by atoms with van der Waals surface area (Å²) in [6.07, 6.45) is 2.99. The first-order valence-electron chi connectivity index (χ1n) is 12.8. The van der Waals surface area contributed by atoms with E-state index < -0.39 is 0 Å². The summed E-state index contributed by atoms with van der Waals surface area (Å²) in [6.45, 7) is 5.55. The molecule has 3 aromatic rings. The van der Waals surface area contributed by atoms with Crippen molar-refractivity contribution in [1.82, 2.24) is 0 Å². The van der Waals surface area contributed by atoms with Gasteiger partial charge in [-0.25, -0.2) is 4.79 Å². The van der Waals surface area contributed by atoms with E-state index in [2.05, 4.69) is 12.1 Å². The van der Waals surface area contributed by atoms with Gasteiger partial charge in [-0.3, -0.25) is 4.90 Å². The first kappa shape index (κ1) is 26.1. The number of rotatable bonds is 9. The van der Waals surface area contributed by atoms with E-state index in [1.54, 1.807) is 4.90 Å². The minimum Gasteiger partial charge on any atom is -1.00 e. The van der Waals surface area contributed by atoms with Gasteiger partial charge in [-0.05, 0) is 29.8 Å². The number of piperidine rings is 3. The van der Waals surface area contributed by atoms with Crippen molar-refractivity contribution in [3.05, 3.63) is 96.6 Å². The van der Waals surface area contributed by atoms with Crippen LogP contribution in [0.15, 0.2) is 91.0 Å². The van der Waals surface area contributed by atoms with Gasteiger partial charge in [-0.2, -0.15) is 0 Å². The van der Waals surface area contributed by atoms with Crippen molar-refractivity contribution in [2.75, 3.05) is 37.7 Å². The summed E-state index contributed by atoms with van der Waals surface area (Å²) in [5, 5.41) is 0. The Labute approximate surface area is 220 Å². The molecular formula is C30H35ClN2O3. The minimum atomic E-state index is -0.246. The molecule has 0 aliphatic carbocycles. The van der Waals surface area contributed by atoms with Gasteiger partial charge >= 0.3 is 6.09 Å². The Morgan fingerprint density at radius 1 is 0.861 bits per heavy atom. The van der Waals surface area contributed by atoms with Gasteiger partial charge in [0.05, 0.1) is 32.8 Å². The molecule has 0 saturated carbocycles. The predicted molar refractivity (Wildman–Crippen MR) is 138 cm³/mol. The lowest BCUT2D eigenvalue weighted by Gasteiger charge is -2.52. The Kier molecular flexibility index (Phi) is 8.89. The van der Waals surface area contributed by atoms with E-state index in [1.165, 1.54) is 13.1 Å². The molecule has 3 fully saturated rings. The number of carbonyl (C=O) groups is 1. The topological polar surface area (TPSA) is 38.8 Å². The maximum Gasteiger partial charge on any atom is 0.415 e. The smallest absolute Gasteiger partial charge is 0.415 e. The molecule has 3 heterocycles. The third kappa shape index (κ3) is 6.40. The number of hydrogen-bond acceptors (Lipinski definition) is 3. The van der Waals surface area contributed by atoms with Crippen LogP contribution in [0, 0.1) is 5.92 Å². The van der Waals surface area contributed by atoms with Crippen molar-refractivity contribution < 1.29 is 31.2 Å². The first-order chi connectivity index (χ1) is 17.2. The molecule has 0 spiro atoms. The zero-order valence-corrected chi connectivity index (χ0v) is 21.4. The third-order valence-electron chi connectivity index (χ3n) is 7.55. The first-order valence-corrected chi connectivity index (χ1v) is 12.8. The summed E-state index contributed by atoms with van der Waals surface area (Å²) in [7, 11) is 0. The molecule has 3 aliphatic heterocycles. The van der Waals surface area contributed by atoms with Crippen LogP contribution in [0.25, 0.3) is 0 Å². The fraction of sp³-hybridized carbons (Fsp3) is 0.367. The lowest BCUT2D eigenvalue weighted by atomic mass is 9.83. The van der Waals surface area contributed by atoms with Crippen LogP contribution in [-0.2, 0) is 11.3 Å². The second-order valence-corrected chi connectivity index (χ2v) is 9.88. The van der Waals surface area contributed by atoms with E-state index in [1.807, 2.05) is 78.9 Å². The normalized spacial score (nSPS) is 22.3. The highest BCUT2D eigenvalue weighted by Gasteiger charge is 2.47. The fourth-order valence-corrected chi connectivity index (χ4v) is 5.60. The van der Waals surface area contributed by atoms with Crippen LogP contribution >= 0.6 is 0 Å². The number of para-hydroxylation sites is 2. The molecule has 3 saturated heterocycles. The van der Waals surface area contributed by atoms with E-state index in [9.17, 15) is 4.79 Å². The van der Waals surface area contributed by atoms with Gasteiger partial charge in [0.25, 0.3) is 0 Å². The Bertz CT molecular complexity index is 1070. The van der Waals surface area contributed by atoms with Gasteiger partial charge < -0.3 is 26.4 Å². The van der Waals surface area contributed by atoms with Crippen LogP contribution in [0.4, 0.5) is 10.5 Å². The van der Waals surface area contributed by atoms with E-state index in [0.717, 1.165) is 60.4 Å². The highest BCUT2D eigenvalue weighted by molar-refractivity contribution is 5.87. The number of quaternary nitrogens is 1.